The Labute approximate surface area is 180 Å². The second kappa shape index (κ2) is 10.0. The zero-order chi connectivity index (χ0) is 22.4. The minimum atomic E-state index is -4.35. The number of hydrogen-bond acceptors (Lipinski definition) is 7. The Morgan fingerprint density at radius 3 is 2.45 bits per heavy atom. The van der Waals surface area contributed by atoms with Crippen LogP contribution in [0.3, 0.4) is 0 Å². The van der Waals surface area contributed by atoms with Crippen LogP contribution in [0.1, 0.15) is 38.5 Å². The van der Waals surface area contributed by atoms with Crippen LogP contribution < -0.4 is 4.74 Å². The van der Waals surface area contributed by atoms with E-state index < -0.39 is 22.1 Å². The van der Waals surface area contributed by atoms with Gasteiger partial charge >= 0.3 is 11.9 Å². The first-order valence-electron chi connectivity index (χ1n) is 9.91. The minimum Gasteiger partial charge on any atom is -0.435 e. The van der Waals surface area contributed by atoms with Crippen molar-refractivity contribution in [3.05, 3.63) is 48.6 Å². The maximum Gasteiger partial charge on any atom is 0.336 e. The molecule has 0 saturated heterocycles. The largest absolute Gasteiger partial charge is 0.435 e. The molecule has 1 aliphatic rings. The molecule has 2 aromatic carbocycles. The molecule has 31 heavy (non-hydrogen) atoms. The molecule has 0 radical (unpaired) electrons. The maximum absolute atomic E-state index is 12.2. The first-order valence-corrected chi connectivity index (χ1v) is 11.3. The van der Waals surface area contributed by atoms with Gasteiger partial charge in [-0.15, -0.1) is 0 Å². The molecule has 0 spiro atoms. The van der Waals surface area contributed by atoms with Gasteiger partial charge in [-0.2, -0.15) is 8.42 Å². The summed E-state index contributed by atoms with van der Waals surface area (Å²) in [5.41, 5.74) is -0.0632. The Hall–Kier alpha value is -2.75. The summed E-state index contributed by atoms with van der Waals surface area (Å²) in [6.45, 7) is 3.38. The average Bonchev–Trinajstić information content (AvgIpc) is 2.73. The van der Waals surface area contributed by atoms with Crippen molar-refractivity contribution in [1.29, 1.82) is 0 Å². The van der Waals surface area contributed by atoms with Crippen LogP contribution in [-0.4, -0.2) is 37.8 Å². The Balaban J connectivity index is 1.52. The lowest BCUT2D eigenvalue weighted by Crippen LogP contribution is -2.21. The number of hydrogen-bond donors (Lipinski definition) is 1. The van der Waals surface area contributed by atoms with Gasteiger partial charge < -0.3 is 14.2 Å². The van der Waals surface area contributed by atoms with Crippen molar-refractivity contribution in [2.45, 2.75) is 49.5 Å². The lowest BCUT2D eigenvalue weighted by molar-refractivity contribution is -0.158. The number of rotatable bonds is 8. The molecule has 0 aromatic heterocycles. The maximum atomic E-state index is 12.2. The van der Waals surface area contributed by atoms with Crippen molar-refractivity contribution >= 4 is 32.8 Å². The van der Waals surface area contributed by atoms with E-state index in [1.807, 2.05) is 0 Å². The number of ether oxygens (including phenoxy) is 3. The number of carbonyl (C=O) groups excluding carboxylic acids is 2. The van der Waals surface area contributed by atoms with Crippen molar-refractivity contribution in [1.82, 2.24) is 0 Å². The van der Waals surface area contributed by atoms with Gasteiger partial charge in [0.1, 0.15) is 5.75 Å². The summed E-state index contributed by atoms with van der Waals surface area (Å²) in [6, 6.07) is 8.70. The molecule has 166 valence electrons. The van der Waals surface area contributed by atoms with E-state index in [1.165, 1.54) is 36.8 Å². The van der Waals surface area contributed by atoms with Gasteiger partial charge in [0.25, 0.3) is 10.1 Å². The molecular weight excluding hydrogens is 424 g/mol. The fourth-order valence-electron chi connectivity index (χ4n) is 3.36. The zero-order valence-electron chi connectivity index (χ0n) is 16.9. The number of carbonyl (C=O) groups is 2. The van der Waals surface area contributed by atoms with E-state index in [4.69, 9.17) is 14.2 Å². The Morgan fingerprint density at radius 2 is 1.74 bits per heavy atom. The van der Waals surface area contributed by atoms with E-state index in [0.29, 0.717) is 10.8 Å². The molecule has 8 nitrogen and oxygen atoms in total. The van der Waals surface area contributed by atoms with Crippen LogP contribution in [-0.2, 0) is 29.2 Å². The minimum absolute atomic E-state index is 0.0632. The van der Waals surface area contributed by atoms with Crippen molar-refractivity contribution in [2.75, 3.05) is 6.79 Å². The monoisotopic (exact) mass is 448 g/mol. The number of benzene rings is 2. The predicted molar refractivity (Wildman–Crippen MR) is 112 cm³/mol. The van der Waals surface area contributed by atoms with Crippen molar-refractivity contribution < 1.29 is 36.8 Å². The van der Waals surface area contributed by atoms with Crippen LogP contribution in [0.25, 0.3) is 10.8 Å². The highest BCUT2D eigenvalue weighted by Crippen LogP contribution is 2.24. The van der Waals surface area contributed by atoms with E-state index in [1.54, 1.807) is 6.07 Å². The molecule has 0 aliphatic heterocycles. The molecule has 1 fully saturated rings. The summed E-state index contributed by atoms with van der Waals surface area (Å²) in [4.78, 5) is 23.9. The fourth-order valence-corrected chi connectivity index (χ4v) is 3.87. The normalized spacial score (nSPS) is 14.9. The van der Waals surface area contributed by atoms with Gasteiger partial charge in [0.05, 0.1) is 17.4 Å². The molecule has 1 aliphatic carbocycles. The highest BCUT2D eigenvalue weighted by Gasteiger charge is 2.18. The van der Waals surface area contributed by atoms with Crippen molar-refractivity contribution in [3.63, 3.8) is 0 Å². The Bertz CT molecular complexity index is 1080. The van der Waals surface area contributed by atoms with E-state index in [2.05, 4.69) is 6.58 Å². The third kappa shape index (κ3) is 6.61. The Morgan fingerprint density at radius 1 is 1.03 bits per heavy atom. The summed E-state index contributed by atoms with van der Waals surface area (Å²) in [5, 5.41) is 1.15. The van der Waals surface area contributed by atoms with Gasteiger partial charge in [-0.1, -0.05) is 38.0 Å². The fraction of sp³-hybridized carbons (Fsp3) is 0.364. The zero-order valence-corrected chi connectivity index (χ0v) is 17.7. The third-order valence-corrected chi connectivity index (χ3v) is 5.85. The molecule has 0 unspecified atom stereocenters. The molecule has 0 atom stereocenters. The van der Waals surface area contributed by atoms with Crippen LogP contribution in [0.2, 0.25) is 0 Å². The van der Waals surface area contributed by atoms with E-state index >= 15 is 0 Å². The highest BCUT2D eigenvalue weighted by molar-refractivity contribution is 7.85. The number of fused-ring (bicyclic) bond motifs is 1. The summed E-state index contributed by atoms with van der Waals surface area (Å²) < 4.78 is 47.5. The summed E-state index contributed by atoms with van der Waals surface area (Å²) in [7, 11) is -4.35. The van der Waals surface area contributed by atoms with Gasteiger partial charge in [0, 0.05) is 5.57 Å². The molecule has 3 rings (SSSR count). The van der Waals surface area contributed by atoms with Crippen molar-refractivity contribution in [3.8, 4) is 5.75 Å². The molecule has 0 bridgehead atoms. The molecule has 0 heterocycles. The summed E-state index contributed by atoms with van der Waals surface area (Å²) in [5.74, 6) is -1.30. The predicted octanol–water partition coefficient (Wildman–Crippen LogP) is 3.79. The van der Waals surface area contributed by atoms with E-state index in [-0.39, 0.29) is 35.5 Å². The van der Waals surface area contributed by atoms with Gasteiger partial charge in [0.2, 0.25) is 0 Å². The van der Waals surface area contributed by atoms with Crippen LogP contribution in [0, 0.1) is 0 Å². The lowest BCUT2D eigenvalue weighted by atomic mass is 9.98. The molecule has 1 N–H and O–H groups in total. The average molecular weight is 448 g/mol. The second-order valence-corrected chi connectivity index (χ2v) is 8.80. The molecule has 2 aromatic rings. The van der Waals surface area contributed by atoms with Gasteiger partial charge in [-0.25, -0.2) is 4.79 Å². The number of esters is 2. The third-order valence-electron chi connectivity index (χ3n) is 5.01. The second-order valence-electron chi connectivity index (χ2n) is 7.38. The van der Waals surface area contributed by atoms with E-state index in [0.717, 1.165) is 25.7 Å². The van der Waals surface area contributed by atoms with Gasteiger partial charge in [-0.3, -0.25) is 9.35 Å². The van der Waals surface area contributed by atoms with Gasteiger partial charge in [0.15, 0.2) is 6.79 Å². The Kier molecular flexibility index (Phi) is 7.42. The highest BCUT2D eigenvalue weighted by atomic mass is 32.2. The first kappa shape index (κ1) is 22.9. The van der Waals surface area contributed by atoms with Crippen LogP contribution in [0.4, 0.5) is 0 Å². The lowest BCUT2D eigenvalue weighted by Gasteiger charge is -2.21. The smallest absolute Gasteiger partial charge is 0.336 e. The first-order chi connectivity index (χ1) is 14.7. The van der Waals surface area contributed by atoms with Crippen LogP contribution in [0.15, 0.2) is 53.4 Å². The SMILES string of the molecule is C=C(CC(=O)Oc1ccc2ccc(S(=O)(=O)O)cc2c1)C(=O)OCOC1CCCCC1. The molecule has 0 amide bonds. The molecular formula is C22H24O8S. The quantitative estimate of drug-likeness (QED) is 0.213. The van der Waals surface area contributed by atoms with Crippen LogP contribution >= 0.6 is 0 Å². The molecule has 9 heteroatoms. The molecule has 1 saturated carbocycles. The van der Waals surface area contributed by atoms with Gasteiger partial charge in [-0.05, 0) is 47.9 Å². The summed E-state index contributed by atoms with van der Waals surface area (Å²) in [6.07, 6.45) is 5.01. The topological polar surface area (TPSA) is 116 Å². The van der Waals surface area contributed by atoms with Crippen molar-refractivity contribution in [2.24, 2.45) is 0 Å². The van der Waals surface area contributed by atoms with E-state index in [9.17, 15) is 22.6 Å². The standard InChI is InChI=1S/C22H24O8S/c1-15(22(24)29-14-28-18-5-3-2-4-6-18)11-21(23)30-19-9-7-16-8-10-20(31(25,26)27)13-17(16)12-19/h7-10,12-13,18H,1-6,11,14H2,(H,25,26,27). The van der Waals surface area contributed by atoms with Crippen LogP contribution in [0.5, 0.6) is 5.75 Å². The summed E-state index contributed by atoms with van der Waals surface area (Å²) >= 11 is 0.